The van der Waals surface area contributed by atoms with Crippen molar-refractivity contribution in [2.24, 2.45) is 5.84 Å². The topological polar surface area (TPSA) is 50.9 Å². The Morgan fingerprint density at radius 1 is 1.47 bits per heavy atom. The van der Waals surface area contributed by atoms with Gasteiger partial charge in [0.1, 0.15) is 0 Å². The summed E-state index contributed by atoms with van der Waals surface area (Å²) in [5, 5.41) is 0. The van der Waals surface area contributed by atoms with Crippen molar-refractivity contribution in [3.05, 3.63) is 30.1 Å². The fraction of sp³-hybridized carbons (Fsp3) is 0.417. The summed E-state index contributed by atoms with van der Waals surface area (Å²) in [5.74, 6) is 8.12. The number of nitrogens with one attached hydrogen (secondary N) is 1. The zero-order valence-electron chi connectivity index (χ0n) is 8.82. The van der Waals surface area contributed by atoms with E-state index >= 15 is 0 Å². The molecule has 0 aliphatic carbocycles. The zero-order valence-corrected chi connectivity index (χ0v) is 8.82. The Labute approximate surface area is 91.1 Å². The average molecular weight is 203 g/mol. The van der Waals surface area contributed by atoms with E-state index in [2.05, 4.69) is 16.3 Å². The van der Waals surface area contributed by atoms with E-state index in [4.69, 9.17) is 12.3 Å². The van der Waals surface area contributed by atoms with Crippen LogP contribution in [0.25, 0.3) is 0 Å². The normalized spacial score (nSPS) is 12.0. The second-order valence-electron chi connectivity index (χ2n) is 3.52. The Morgan fingerprint density at radius 3 is 2.80 bits per heavy atom. The number of aromatic nitrogens is 1. The predicted molar refractivity (Wildman–Crippen MR) is 61.7 cm³/mol. The molecule has 1 rings (SSSR count). The quantitative estimate of drug-likeness (QED) is 0.317. The molecule has 0 saturated carbocycles. The van der Waals surface area contributed by atoms with E-state index in [0.717, 1.165) is 25.7 Å². The largest absolute Gasteiger partial charge is 0.271 e. The van der Waals surface area contributed by atoms with E-state index in [0.29, 0.717) is 6.04 Å². The lowest BCUT2D eigenvalue weighted by atomic mass is 10.0. The molecule has 3 heteroatoms. The maximum atomic E-state index is 5.49. The van der Waals surface area contributed by atoms with Gasteiger partial charge in [-0.15, -0.1) is 12.3 Å². The fourth-order valence-corrected chi connectivity index (χ4v) is 1.50. The predicted octanol–water partition coefficient (Wildman–Crippen LogP) is 1.26. The molecule has 3 nitrogen and oxygen atoms in total. The maximum Gasteiger partial charge on any atom is 0.0270 e. The van der Waals surface area contributed by atoms with Crippen LogP contribution in [-0.2, 0) is 6.42 Å². The van der Waals surface area contributed by atoms with Crippen LogP contribution in [0.2, 0.25) is 0 Å². The Balaban J connectivity index is 2.37. The van der Waals surface area contributed by atoms with Gasteiger partial charge in [-0.25, -0.2) is 0 Å². The van der Waals surface area contributed by atoms with Crippen LogP contribution in [0.1, 0.15) is 24.8 Å². The molecule has 0 aromatic carbocycles. The number of nitrogens with two attached hydrogens (primary N) is 1. The third-order valence-electron chi connectivity index (χ3n) is 2.34. The summed E-state index contributed by atoms with van der Waals surface area (Å²) in [5.41, 5.74) is 4.06. The van der Waals surface area contributed by atoms with Gasteiger partial charge in [0.2, 0.25) is 0 Å². The Kier molecular flexibility index (Phi) is 5.46. The van der Waals surface area contributed by atoms with Crippen molar-refractivity contribution in [2.45, 2.75) is 31.7 Å². The molecule has 0 amide bonds. The van der Waals surface area contributed by atoms with Gasteiger partial charge in [0, 0.05) is 24.9 Å². The minimum atomic E-state index is 0.292. The van der Waals surface area contributed by atoms with E-state index in [1.165, 1.54) is 5.56 Å². The summed E-state index contributed by atoms with van der Waals surface area (Å²) in [4.78, 5) is 3.98. The molecule has 0 saturated heterocycles. The van der Waals surface area contributed by atoms with Crippen molar-refractivity contribution in [3.8, 4) is 12.3 Å². The third-order valence-corrected chi connectivity index (χ3v) is 2.34. The summed E-state index contributed by atoms with van der Waals surface area (Å²) >= 11 is 0. The van der Waals surface area contributed by atoms with Gasteiger partial charge in [-0.3, -0.25) is 16.3 Å². The Morgan fingerprint density at radius 2 is 2.20 bits per heavy atom. The van der Waals surface area contributed by atoms with Gasteiger partial charge in [0.15, 0.2) is 0 Å². The number of unbranched alkanes of at least 4 members (excludes halogenated alkanes) is 1. The number of terminal acetylenes is 1. The van der Waals surface area contributed by atoms with Crippen LogP contribution in [0.4, 0.5) is 0 Å². The van der Waals surface area contributed by atoms with Crippen molar-refractivity contribution in [2.75, 3.05) is 0 Å². The van der Waals surface area contributed by atoms with Crippen LogP contribution >= 0.6 is 0 Å². The van der Waals surface area contributed by atoms with Crippen LogP contribution in [0.15, 0.2) is 24.5 Å². The smallest absolute Gasteiger partial charge is 0.0270 e. The summed E-state index contributed by atoms with van der Waals surface area (Å²) in [6.07, 6.45) is 12.5. The number of pyridine rings is 1. The first-order valence-corrected chi connectivity index (χ1v) is 5.15. The van der Waals surface area contributed by atoms with E-state index in [9.17, 15) is 0 Å². The molecule has 80 valence electrons. The lowest BCUT2D eigenvalue weighted by Crippen LogP contribution is -2.36. The second-order valence-corrected chi connectivity index (χ2v) is 3.52. The molecule has 3 N–H and O–H groups in total. The van der Waals surface area contributed by atoms with Gasteiger partial charge in [0.25, 0.3) is 0 Å². The van der Waals surface area contributed by atoms with E-state index in [1.807, 2.05) is 12.1 Å². The van der Waals surface area contributed by atoms with Crippen LogP contribution in [0, 0.1) is 12.3 Å². The molecule has 1 unspecified atom stereocenters. The van der Waals surface area contributed by atoms with Gasteiger partial charge in [0.05, 0.1) is 0 Å². The van der Waals surface area contributed by atoms with Gasteiger partial charge in [-0.05, 0) is 37.0 Å². The standard InChI is InChI=1S/C12H17N3/c1-2-3-4-5-12(15-13)10-11-6-8-14-9-7-11/h1,6-9,12,15H,3-5,10,13H2. The molecule has 0 bridgehead atoms. The van der Waals surface area contributed by atoms with Crippen LogP contribution < -0.4 is 11.3 Å². The average Bonchev–Trinajstić information content (AvgIpc) is 2.29. The lowest BCUT2D eigenvalue weighted by molar-refractivity contribution is 0.479. The molecule has 0 aliphatic heterocycles. The van der Waals surface area contributed by atoms with Crippen LogP contribution in [-0.4, -0.2) is 11.0 Å². The molecule has 1 aromatic rings. The molecular formula is C12H17N3. The van der Waals surface area contributed by atoms with Crippen molar-refractivity contribution in [1.82, 2.24) is 10.4 Å². The first kappa shape index (κ1) is 11.7. The number of rotatable bonds is 6. The van der Waals surface area contributed by atoms with Crippen LogP contribution in [0.5, 0.6) is 0 Å². The van der Waals surface area contributed by atoms with Gasteiger partial charge >= 0.3 is 0 Å². The third kappa shape index (κ3) is 4.59. The van der Waals surface area contributed by atoms with Crippen LogP contribution in [0.3, 0.4) is 0 Å². The van der Waals surface area contributed by atoms with E-state index in [-0.39, 0.29) is 0 Å². The molecular weight excluding hydrogens is 186 g/mol. The zero-order chi connectivity index (χ0) is 10.9. The minimum Gasteiger partial charge on any atom is -0.271 e. The lowest BCUT2D eigenvalue weighted by Gasteiger charge is -2.14. The Hall–Kier alpha value is -1.37. The summed E-state index contributed by atoms with van der Waals surface area (Å²) in [6.45, 7) is 0. The van der Waals surface area contributed by atoms with Crippen molar-refractivity contribution in [3.63, 3.8) is 0 Å². The highest BCUT2D eigenvalue weighted by Crippen LogP contribution is 2.07. The number of hydrazine groups is 1. The van der Waals surface area contributed by atoms with Gasteiger partial charge in [-0.2, -0.15) is 0 Å². The van der Waals surface area contributed by atoms with Gasteiger partial charge < -0.3 is 0 Å². The van der Waals surface area contributed by atoms with E-state index in [1.54, 1.807) is 12.4 Å². The van der Waals surface area contributed by atoms with Gasteiger partial charge in [-0.1, -0.05) is 0 Å². The number of hydrogen-bond acceptors (Lipinski definition) is 3. The minimum absolute atomic E-state index is 0.292. The summed E-state index contributed by atoms with van der Waals surface area (Å²) in [6, 6.07) is 4.30. The molecule has 1 atom stereocenters. The molecule has 1 heterocycles. The Bertz CT molecular complexity index is 302. The second kappa shape index (κ2) is 6.99. The fourth-order valence-electron chi connectivity index (χ4n) is 1.50. The first-order valence-electron chi connectivity index (χ1n) is 5.15. The molecule has 0 aliphatic rings. The molecule has 0 spiro atoms. The highest BCUT2D eigenvalue weighted by molar-refractivity contribution is 5.11. The van der Waals surface area contributed by atoms with Crippen molar-refractivity contribution in [1.29, 1.82) is 0 Å². The van der Waals surface area contributed by atoms with Crippen molar-refractivity contribution >= 4 is 0 Å². The first-order chi connectivity index (χ1) is 7.36. The SMILES string of the molecule is C#CCCCC(Cc1ccncc1)NN. The van der Waals surface area contributed by atoms with Crippen molar-refractivity contribution < 1.29 is 0 Å². The molecule has 0 radical (unpaired) electrons. The number of hydrogen-bond donors (Lipinski definition) is 2. The summed E-state index contributed by atoms with van der Waals surface area (Å²) in [7, 11) is 0. The molecule has 0 fully saturated rings. The summed E-state index contributed by atoms with van der Waals surface area (Å²) < 4.78 is 0. The van der Waals surface area contributed by atoms with E-state index < -0.39 is 0 Å². The molecule has 1 aromatic heterocycles. The highest BCUT2D eigenvalue weighted by atomic mass is 15.2. The monoisotopic (exact) mass is 203 g/mol. The highest BCUT2D eigenvalue weighted by Gasteiger charge is 2.06. The maximum absolute atomic E-state index is 5.49. The number of nitrogens with zero attached hydrogens (tertiary/aromatic N) is 1. The molecule has 15 heavy (non-hydrogen) atoms.